The van der Waals surface area contributed by atoms with Gasteiger partial charge in [0.1, 0.15) is 0 Å². The highest BCUT2D eigenvalue weighted by atomic mass is 35.5. The number of carbonyl (C=O) groups excluding carboxylic acids is 1. The first-order valence-corrected chi connectivity index (χ1v) is 6.47. The van der Waals surface area contributed by atoms with E-state index in [9.17, 15) is 4.79 Å². The van der Waals surface area contributed by atoms with Gasteiger partial charge in [0, 0.05) is 28.7 Å². The van der Waals surface area contributed by atoms with Crippen molar-refractivity contribution in [2.75, 3.05) is 5.32 Å². The summed E-state index contributed by atoms with van der Waals surface area (Å²) in [5.41, 5.74) is 1.86. The van der Waals surface area contributed by atoms with Crippen LogP contribution in [0.2, 0.25) is 10.0 Å². The SMILES string of the molecule is CC(=O)Nc1cc(C)n(Cc2ccc(Cl)cc2Cl)n1. The van der Waals surface area contributed by atoms with Crippen molar-refractivity contribution in [1.29, 1.82) is 0 Å². The highest BCUT2D eigenvalue weighted by molar-refractivity contribution is 6.35. The summed E-state index contributed by atoms with van der Waals surface area (Å²) in [5, 5.41) is 8.15. The quantitative estimate of drug-likeness (QED) is 0.942. The Labute approximate surface area is 121 Å². The van der Waals surface area contributed by atoms with Crippen LogP contribution in [0.4, 0.5) is 5.82 Å². The Morgan fingerprint density at radius 1 is 1.37 bits per heavy atom. The maximum Gasteiger partial charge on any atom is 0.222 e. The van der Waals surface area contributed by atoms with Gasteiger partial charge >= 0.3 is 0 Å². The fourth-order valence-corrected chi connectivity index (χ4v) is 2.19. The van der Waals surface area contributed by atoms with Gasteiger partial charge in [-0.1, -0.05) is 29.3 Å². The van der Waals surface area contributed by atoms with E-state index in [1.807, 2.05) is 19.1 Å². The smallest absolute Gasteiger partial charge is 0.222 e. The summed E-state index contributed by atoms with van der Waals surface area (Å²) in [7, 11) is 0. The Morgan fingerprint density at radius 3 is 2.74 bits per heavy atom. The topological polar surface area (TPSA) is 46.9 Å². The van der Waals surface area contributed by atoms with Gasteiger partial charge in [-0.2, -0.15) is 5.10 Å². The molecule has 0 spiro atoms. The molecule has 1 aromatic carbocycles. The van der Waals surface area contributed by atoms with Crippen LogP contribution in [0.1, 0.15) is 18.2 Å². The number of carbonyl (C=O) groups is 1. The molecule has 0 unspecified atom stereocenters. The molecule has 0 fully saturated rings. The van der Waals surface area contributed by atoms with Gasteiger partial charge < -0.3 is 5.32 Å². The maximum absolute atomic E-state index is 11.0. The normalized spacial score (nSPS) is 10.5. The van der Waals surface area contributed by atoms with E-state index in [1.54, 1.807) is 16.8 Å². The Bertz CT molecular complexity index is 622. The van der Waals surface area contributed by atoms with E-state index in [-0.39, 0.29) is 5.91 Å². The molecular weight excluding hydrogens is 285 g/mol. The minimum atomic E-state index is -0.144. The maximum atomic E-state index is 11.0. The first-order valence-electron chi connectivity index (χ1n) is 5.71. The number of hydrogen-bond donors (Lipinski definition) is 1. The van der Waals surface area contributed by atoms with Gasteiger partial charge in [0.25, 0.3) is 0 Å². The molecule has 0 atom stereocenters. The molecule has 4 nitrogen and oxygen atoms in total. The number of aromatic nitrogens is 2. The van der Waals surface area contributed by atoms with Crippen LogP contribution in [-0.4, -0.2) is 15.7 Å². The Kier molecular flexibility index (Phi) is 4.12. The molecular formula is C13H13Cl2N3O. The highest BCUT2D eigenvalue weighted by Gasteiger charge is 2.08. The Hall–Kier alpha value is -1.52. The molecule has 0 bridgehead atoms. The second-order valence-corrected chi connectivity index (χ2v) is 5.09. The van der Waals surface area contributed by atoms with E-state index in [1.165, 1.54) is 6.92 Å². The average Bonchev–Trinajstić information content (AvgIpc) is 2.62. The van der Waals surface area contributed by atoms with Crippen LogP contribution in [0.3, 0.4) is 0 Å². The van der Waals surface area contributed by atoms with Crippen molar-refractivity contribution in [3.05, 3.63) is 45.6 Å². The fraction of sp³-hybridized carbons (Fsp3) is 0.231. The van der Waals surface area contributed by atoms with Gasteiger partial charge in [-0.05, 0) is 24.6 Å². The van der Waals surface area contributed by atoms with Gasteiger partial charge in [0.2, 0.25) is 5.91 Å². The molecule has 0 radical (unpaired) electrons. The zero-order valence-corrected chi connectivity index (χ0v) is 12.1. The lowest BCUT2D eigenvalue weighted by atomic mass is 10.2. The van der Waals surface area contributed by atoms with Crippen molar-refractivity contribution in [2.24, 2.45) is 0 Å². The molecule has 2 aromatic rings. The number of anilines is 1. The average molecular weight is 298 g/mol. The standard InChI is InChI=1S/C13H13Cl2N3O/c1-8-5-13(16-9(2)19)17-18(8)7-10-3-4-11(14)6-12(10)15/h3-6H,7H2,1-2H3,(H,16,17,19). The van der Waals surface area contributed by atoms with Crippen molar-refractivity contribution in [2.45, 2.75) is 20.4 Å². The van der Waals surface area contributed by atoms with E-state index in [4.69, 9.17) is 23.2 Å². The molecule has 0 aliphatic rings. The van der Waals surface area contributed by atoms with E-state index < -0.39 is 0 Å². The first-order chi connectivity index (χ1) is 8.95. The van der Waals surface area contributed by atoms with Crippen LogP contribution in [-0.2, 0) is 11.3 Å². The summed E-state index contributed by atoms with van der Waals surface area (Å²) in [6.07, 6.45) is 0. The second kappa shape index (κ2) is 5.63. The predicted octanol–water partition coefficient (Wildman–Crippen LogP) is 3.51. The monoisotopic (exact) mass is 297 g/mol. The summed E-state index contributed by atoms with van der Waals surface area (Å²) < 4.78 is 1.78. The molecule has 2 rings (SSSR count). The van der Waals surface area contributed by atoms with Gasteiger partial charge in [-0.15, -0.1) is 0 Å². The molecule has 100 valence electrons. The van der Waals surface area contributed by atoms with Crippen molar-refractivity contribution >= 4 is 34.9 Å². The second-order valence-electron chi connectivity index (χ2n) is 4.25. The number of rotatable bonds is 3. The molecule has 0 aliphatic carbocycles. The van der Waals surface area contributed by atoms with E-state index in [0.717, 1.165) is 11.3 Å². The molecule has 1 aromatic heterocycles. The fourth-order valence-electron chi connectivity index (χ4n) is 1.72. The molecule has 19 heavy (non-hydrogen) atoms. The summed E-state index contributed by atoms with van der Waals surface area (Å²) in [6.45, 7) is 3.90. The molecule has 6 heteroatoms. The number of nitrogens with zero attached hydrogens (tertiary/aromatic N) is 2. The van der Waals surface area contributed by atoms with E-state index in [2.05, 4.69) is 10.4 Å². The van der Waals surface area contributed by atoms with Crippen molar-refractivity contribution < 1.29 is 4.79 Å². The Balaban J connectivity index is 2.23. The van der Waals surface area contributed by atoms with Gasteiger partial charge in [0.15, 0.2) is 5.82 Å². The van der Waals surface area contributed by atoms with Crippen LogP contribution < -0.4 is 5.32 Å². The van der Waals surface area contributed by atoms with Crippen molar-refractivity contribution in [3.63, 3.8) is 0 Å². The number of hydrogen-bond acceptors (Lipinski definition) is 2. The van der Waals surface area contributed by atoms with Crippen LogP contribution in [0.5, 0.6) is 0 Å². The third kappa shape index (κ3) is 3.49. The molecule has 1 N–H and O–H groups in total. The lowest BCUT2D eigenvalue weighted by Crippen LogP contribution is -2.08. The molecule has 0 saturated carbocycles. The lowest BCUT2D eigenvalue weighted by molar-refractivity contribution is -0.114. The van der Waals surface area contributed by atoms with Crippen LogP contribution in [0.25, 0.3) is 0 Å². The highest BCUT2D eigenvalue weighted by Crippen LogP contribution is 2.22. The summed E-state index contributed by atoms with van der Waals surface area (Å²) >= 11 is 12.0. The van der Waals surface area contributed by atoms with E-state index in [0.29, 0.717) is 22.4 Å². The van der Waals surface area contributed by atoms with Crippen LogP contribution >= 0.6 is 23.2 Å². The summed E-state index contributed by atoms with van der Waals surface area (Å²) in [4.78, 5) is 11.0. The third-order valence-electron chi connectivity index (χ3n) is 2.62. The van der Waals surface area contributed by atoms with E-state index >= 15 is 0 Å². The summed E-state index contributed by atoms with van der Waals surface area (Å²) in [6, 6.07) is 7.16. The van der Waals surface area contributed by atoms with Gasteiger partial charge in [0.05, 0.1) is 6.54 Å². The minimum Gasteiger partial charge on any atom is -0.309 e. The number of nitrogens with one attached hydrogen (secondary N) is 1. The summed E-state index contributed by atoms with van der Waals surface area (Å²) in [5.74, 6) is 0.393. The lowest BCUT2D eigenvalue weighted by Gasteiger charge is -2.07. The molecule has 1 heterocycles. The van der Waals surface area contributed by atoms with Crippen molar-refractivity contribution in [3.8, 4) is 0 Å². The van der Waals surface area contributed by atoms with Gasteiger partial charge in [-0.3, -0.25) is 9.48 Å². The van der Waals surface area contributed by atoms with Crippen LogP contribution in [0, 0.1) is 6.92 Å². The number of benzene rings is 1. The van der Waals surface area contributed by atoms with Crippen molar-refractivity contribution in [1.82, 2.24) is 9.78 Å². The zero-order chi connectivity index (χ0) is 14.0. The molecule has 0 aliphatic heterocycles. The number of amides is 1. The predicted molar refractivity (Wildman–Crippen MR) is 76.8 cm³/mol. The number of halogens is 2. The first kappa shape index (κ1) is 13.9. The largest absolute Gasteiger partial charge is 0.309 e. The minimum absolute atomic E-state index is 0.144. The third-order valence-corrected chi connectivity index (χ3v) is 3.21. The molecule has 1 amide bonds. The zero-order valence-electron chi connectivity index (χ0n) is 10.6. The molecule has 0 saturated heterocycles. The van der Waals surface area contributed by atoms with Crippen LogP contribution in [0.15, 0.2) is 24.3 Å². The number of aryl methyl sites for hydroxylation is 1. The Morgan fingerprint density at radius 2 is 2.11 bits per heavy atom. The van der Waals surface area contributed by atoms with Gasteiger partial charge in [-0.25, -0.2) is 0 Å².